The molecule has 2 saturated heterocycles. The van der Waals surface area contributed by atoms with Crippen LogP contribution in [0, 0.1) is 0 Å². The molecular formula is C16H24N4O2. The number of aromatic nitrogens is 1. The number of ether oxygens (including phenoxy) is 2. The minimum Gasteiger partial charge on any atom is -0.481 e. The molecule has 0 radical (unpaired) electrons. The van der Waals surface area contributed by atoms with Crippen LogP contribution in [0.5, 0.6) is 5.88 Å². The molecule has 3 rings (SSSR count). The Bertz CT molecular complexity index is 535. The molecule has 3 heterocycles. The van der Waals surface area contributed by atoms with Gasteiger partial charge in [-0.25, -0.2) is 9.98 Å². The minimum atomic E-state index is 0.335. The van der Waals surface area contributed by atoms with Crippen molar-refractivity contribution in [3.63, 3.8) is 0 Å². The highest BCUT2D eigenvalue weighted by atomic mass is 16.5. The third-order valence-corrected chi connectivity index (χ3v) is 4.22. The molecule has 1 aromatic heterocycles. The summed E-state index contributed by atoms with van der Waals surface area (Å²) in [5, 5.41) is 6.81. The number of nitrogens with zero attached hydrogens (tertiary/aromatic N) is 2. The molecule has 2 aliphatic heterocycles. The maximum absolute atomic E-state index is 5.89. The topological polar surface area (TPSA) is 67.8 Å². The predicted octanol–water partition coefficient (Wildman–Crippen LogP) is 1.47. The first-order chi connectivity index (χ1) is 10.8. The number of rotatable bonds is 5. The fourth-order valence-corrected chi connectivity index (χ4v) is 3.18. The fraction of sp³-hybridized carbons (Fsp3) is 0.625. The lowest BCUT2D eigenvalue weighted by Crippen LogP contribution is -2.47. The number of methoxy groups -OCH3 is 1. The summed E-state index contributed by atoms with van der Waals surface area (Å²) in [6, 6.07) is 4.25. The van der Waals surface area contributed by atoms with Gasteiger partial charge in [-0.2, -0.15) is 0 Å². The number of aliphatic imine (C=N–C) groups is 1. The third-order valence-electron chi connectivity index (χ3n) is 4.22. The summed E-state index contributed by atoms with van der Waals surface area (Å²) in [5.41, 5.74) is 0.978. The SMILES string of the molecule is CCNC(=NCc1cccnc1OC)NC1CC2CCC1O2. The van der Waals surface area contributed by atoms with Gasteiger partial charge in [0.25, 0.3) is 0 Å². The summed E-state index contributed by atoms with van der Waals surface area (Å²) in [5.74, 6) is 1.46. The van der Waals surface area contributed by atoms with Crippen molar-refractivity contribution in [2.75, 3.05) is 13.7 Å². The summed E-state index contributed by atoms with van der Waals surface area (Å²) < 4.78 is 11.2. The summed E-state index contributed by atoms with van der Waals surface area (Å²) in [7, 11) is 1.63. The van der Waals surface area contributed by atoms with Crippen molar-refractivity contribution in [2.24, 2.45) is 4.99 Å². The monoisotopic (exact) mass is 304 g/mol. The van der Waals surface area contributed by atoms with Crippen LogP contribution in [0.3, 0.4) is 0 Å². The molecule has 2 bridgehead atoms. The van der Waals surface area contributed by atoms with Crippen LogP contribution in [-0.2, 0) is 11.3 Å². The van der Waals surface area contributed by atoms with Crippen molar-refractivity contribution in [3.8, 4) is 5.88 Å². The standard InChI is InChI=1S/C16H24N4O2/c1-3-17-16(20-13-9-12-6-7-14(13)22-12)19-10-11-5-4-8-18-15(11)21-2/h4-5,8,12-14H,3,6-7,9-10H2,1-2H3,(H2,17,19,20). The van der Waals surface area contributed by atoms with E-state index in [2.05, 4.69) is 27.5 Å². The molecule has 3 unspecified atom stereocenters. The van der Waals surface area contributed by atoms with Crippen molar-refractivity contribution in [2.45, 2.75) is 51.0 Å². The number of hydrogen-bond acceptors (Lipinski definition) is 4. The predicted molar refractivity (Wildman–Crippen MR) is 85.0 cm³/mol. The van der Waals surface area contributed by atoms with E-state index in [0.29, 0.717) is 30.7 Å². The van der Waals surface area contributed by atoms with Crippen molar-refractivity contribution < 1.29 is 9.47 Å². The van der Waals surface area contributed by atoms with E-state index in [4.69, 9.17) is 9.47 Å². The third kappa shape index (κ3) is 3.32. The molecule has 22 heavy (non-hydrogen) atoms. The molecule has 2 N–H and O–H groups in total. The van der Waals surface area contributed by atoms with Gasteiger partial charge in [-0.15, -0.1) is 0 Å². The van der Waals surface area contributed by atoms with Crippen LogP contribution < -0.4 is 15.4 Å². The highest BCUT2D eigenvalue weighted by molar-refractivity contribution is 5.80. The van der Waals surface area contributed by atoms with Gasteiger partial charge in [0, 0.05) is 18.3 Å². The van der Waals surface area contributed by atoms with E-state index in [9.17, 15) is 0 Å². The summed E-state index contributed by atoms with van der Waals surface area (Å²) >= 11 is 0. The zero-order valence-electron chi connectivity index (χ0n) is 13.2. The van der Waals surface area contributed by atoms with E-state index < -0.39 is 0 Å². The van der Waals surface area contributed by atoms with Gasteiger partial charge >= 0.3 is 0 Å². The smallest absolute Gasteiger partial charge is 0.218 e. The van der Waals surface area contributed by atoms with Crippen LogP contribution in [0.15, 0.2) is 23.3 Å². The Morgan fingerprint density at radius 1 is 1.50 bits per heavy atom. The maximum atomic E-state index is 5.89. The Balaban J connectivity index is 1.65. The number of nitrogens with one attached hydrogen (secondary N) is 2. The molecule has 1 aromatic rings. The van der Waals surface area contributed by atoms with Gasteiger partial charge in [0.15, 0.2) is 5.96 Å². The molecule has 6 nitrogen and oxygen atoms in total. The number of guanidine groups is 1. The average molecular weight is 304 g/mol. The second kappa shape index (κ2) is 6.96. The summed E-state index contributed by atoms with van der Waals surface area (Å²) in [6.45, 7) is 3.44. The molecule has 0 spiro atoms. The Morgan fingerprint density at radius 3 is 3.09 bits per heavy atom. The highest BCUT2D eigenvalue weighted by Gasteiger charge is 2.41. The van der Waals surface area contributed by atoms with Gasteiger partial charge in [-0.05, 0) is 32.3 Å². The molecule has 0 amide bonds. The molecule has 6 heteroatoms. The number of fused-ring (bicyclic) bond motifs is 2. The Morgan fingerprint density at radius 2 is 2.41 bits per heavy atom. The lowest BCUT2D eigenvalue weighted by molar-refractivity contribution is 0.0992. The van der Waals surface area contributed by atoms with Crippen LogP contribution >= 0.6 is 0 Å². The van der Waals surface area contributed by atoms with E-state index in [0.717, 1.165) is 30.9 Å². The largest absolute Gasteiger partial charge is 0.481 e. The lowest BCUT2D eigenvalue weighted by atomic mass is 9.96. The first-order valence-electron chi connectivity index (χ1n) is 7.98. The van der Waals surface area contributed by atoms with Crippen LogP contribution in [0.1, 0.15) is 31.7 Å². The van der Waals surface area contributed by atoms with Gasteiger partial charge in [0.05, 0.1) is 31.9 Å². The van der Waals surface area contributed by atoms with Crippen molar-refractivity contribution in [1.82, 2.24) is 15.6 Å². The lowest BCUT2D eigenvalue weighted by Gasteiger charge is -2.22. The second-order valence-corrected chi connectivity index (χ2v) is 5.73. The molecule has 3 atom stereocenters. The highest BCUT2D eigenvalue weighted by Crippen LogP contribution is 2.34. The van der Waals surface area contributed by atoms with Crippen molar-refractivity contribution >= 4 is 5.96 Å². The van der Waals surface area contributed by atoms with Crippen molar-refractivity contribution in [3.05, 3.63) is 23.9 Å². The second-order valence-electron chi connectivity index (χ2n) is 5.73. The maximum Gasteiger partial charge on any atom is 0.218 e. The molecule has 0 aliphatic carbocycles. The van der Waals surface area contributed by atoms with Gasteiger partial charge < -0.3 is 20.1 Å². The minimum absolute atomic E-state index is 0.335. The first kappa shape index (κ1) is 15.1. The van der Waals surface area contributed by atoms with E-state index in [1.807, 2.05) is 12.1 Å². The Hall–Kier alpha value is -1.82. The van der Waals surface area contributed by atoms with Crippen LogP contribution in [-0.4, -0.2) is 42.8 Å². The summed E-state index contributed by atoms with van der Waals surface area (Å²) in [6.07, 6.45) is 5.92. The Kier molecular flexibility index (Phi) is 4.77. The van der Waals surface area contributed by atoms with E-state index in [1.54, 1.807) is 13.3 Å². The van der Waals surface area contributed by atoms with Crippen LogP contribution in [0.2, 0.25) is 0 Å². The summed E-state index contributed by atoms with van der Waals surface area (Å²) in [4.78, 5) is 8.86. The average Bonchev–Trinajstić information content (AvgIpc) is 3.16. The number of hydrogen-bond donors (Lipinski definition) is 2. The van der Waals surface area contributed by atoms with Gasteiger partial charge in [0.2, 0.25) is 5.88 Å². The number of pyridine rings is 1. The van der Waals surface area contributed by atoms with Gasteiger partial charge in [0.1, 0.15) is 0 Å². The zero-order chi connectivity index (χ0) is 15.4. The molecule has 2 fully saturated rings. The molecule has 2 aliphatic rings. The van der Waals surface area contributed by atoms with Crippen LogP contribution in [0.4, 0.5) is 0 Å². The molecule has 0 saturated carbocycles. The van der Waals surface area contributed by atoms with Crippen LogP contribution in [0.25, 0.3) is 0 Å². The quantitative estimate of drug-likeness (QED) is 0.637. The van der Waals surface area contributed by atoms with E-state index in [-0.39, 0.29) is 0 Å². The molecule has 120 valence electrons. The van der Waals surface area contributed by atoms with E-state index >= 15 is 0 Å². The van der Waals surface area contributed by atoms with Gasteiger partial charge in [-0.1, -0.05) is 6.07 Å². The normalized spacial score (nSPS) is 27.0. The van der Waals surface area contributed by atoms with Gasteiger partial charge in [-0.3, -0.25) is 0 Å². The van der Waals surface area contributed by atoms with Crippen molar-refractivity contribution in [1.29, 1.82) is 0 Å². The van der Waals surface area contributed by atoms with E-state index in [1.165, 1.54) is 6.42 Å². The zero-order valence-corrected chi connectivity index (χ0v) is 13.2. The Labute approximate surface area is 131 Å². The fourth-order valence-electron chi connectivity index (χ4n) is 3.18. The molecular weight excluding hydrogens is 280 g/mol. The first-order valence-corrected chi connectivity index (χ1v) is 7.98. The molecule has 0 aromatic carbocycles.